The summed E-state index contributed by atoms with van der Waals surface area (Å²) in [4.78, 5) is 0. The second kappa shape index (κ2) is 6.53. The Labute approximate surface area is 128 Å². The Morgan fingerprint density at radius 2 is 2.10 bits per heavy atom. The lowest BCUT2D eigenvalue weighted by molar-refractivity contribution is -0.122. The normalized spacial score (nSPS) is 26.9. The van der Waals surface area contributed by atoms with Gasteiger partial charge < -0.3 is 14.5 Å². The van der Waals surface area contributed by atoms with Crippen LogP contribution in [0.5, 0.6) is 0 Å². The summed E-state index contributed by atoms with van der Waals surface area (Å²) in [6.45, 7) is 3.05. The summed E-state index contributed by atoms with van der Waals surface area (Å²) in [7, 11) is 2.06. The maximum absolute atomic E-state index is 6.24. The van der Waals surface area contributed by atoms with Crippen LogP contribution in [0.1, 0.15) is 69.4 Å². The van der Waals surface area contributed by atoms with Gasteiger partial charge in [0.05, 0.1) is 11.6 Å². The highest BCUT2D eigenvalue weighted by Gasteiger charge is 2.41. The molecule has 118 valence electrons. The van der Waals surface area contributed by atoms with Gasteiger partial charge in [-0.15, -0.1) is 0 Å². The predicted molar refractivity (Wildman–Crippen MR) is 84.4 cm³/mol. The summed E-state index contributed by atoms with van der Waals surface area (Å²) in [5, 5.41) is 3.50. The summed E-state index contributed by atoms with van der Waals surface area (Å²) in [6, 6.07) is 4.60. The molecule has 0 amide bonds. The minimum Gasteiger partial charge on any atom is -0.464 e. The average molecular weight is 291 g/mol. The number of ether oxygens (including phenoxy) is 1. The standard InChI is InChI=1S/C18H29NO2/c1-3-15-7-8-16(21-15)17(19-2)14-9-12-20-18(13-14)10-5-4-6-11-18/h7-8,14,17,19H,3-6,9-13H2,1-2H3. The van der Waals surface area contributed by atoms with Crippen molar-refractivity contribution in [1.82, 2.24) is 5.32 Å². The van der Waals surface area contributed by atoms with Gasteiger partial charge in [-0.1, -0.05) is 26.2 Å². The number of rotatable bonds is 4. The van der Waals surface area contributed by atoms with Crippen molar-refractivity contribution in [2.45, 2.75) is 69.9 Å². The highest BCUT2D eigenvalue weighted by atomic mass is 16.5. The van der Waals surface area contributed by atoms with Crippen LogP contribution in [0.15, 0.2) is 16.5 Å². The fourth-order valence-corrected chi connectivity index (χ4v) is 4.26. The minimum atomic E-state index is 0.163. The topological polar surface area (TPSA) is 34.4 Å². The monoisotopic (exact) mass is 291 g/mol. The number of hydrogen-bond acceptors (Lipinski definition) is 3. The highest BCUT2D eigenvalue weighted by Crippen LogP contribution is 2.44. The molecule has 0 bridgehead atoms. The van der Waals surface area contributed by atoms with Gasteiger partial charge in [0.25, 0.3) is 0 Å². The number of nitrogens with one attached hydrogen (secondary N) is 1. The molecule has 2 atom stereocenters. The third kappa shape index (κ3) is 3.19. The van der Waals surface area contributed by atoms with Crippen molar-refractivity contribution in [2.24, 2.45) is 5.92 Å². The summed E-state index contributed by atoms with van der Waals surface area (Å²) < 4.78 is 12.2. The van der Waals surface area contributed by atoms with Gasteiger partial charge >= 0.3 is 0 Å². The molecule has 2 fully saturated rings. The van der Waals surface area contributed by atoms with Crippen LogP contribution in [-0.2, 0) is 11.2 Å². The maximum Gasteiger partial charge on any atom is 0.121 e. The zero-order chi connectivity index (χ0) is 14.7. The fraction of sp³-hybridized carbons (Fsp3) is 0.778. The molecule has 3 nitrogen and oxygen atoms in total. The number of hydrogen-bond donors (Lipinski definition) is 1. The van der Waals surface area contributed by atoms with Crippen LogP contribution in [0.25, 0.3) is 0 Å². The van der Waals surface area contributed by atoms with Crippen molar-refractivity contribution in [3.8, 4) is 0 Å². The van der Waals surface area contributed by atoms with Crippen LogP contribution in [0.4, 0.5) is 0 Å². The number of furan rings is 1. The van der Waals surface area contributed by atoms with Gasteiger partial charge in [0.15, 0.2) is 0 Å². The lowest BCUT2D eigenvalue weighted by Gasteiger charge is -2.45. The molecular weight excluding hydrogens is 262 g/mol. The second-order valence-corrected chi connectivity index (χ2v) is 6.77. The predicted octanol–water partition coefficient (Wildman–Crippen LogP) is 4.23. The maximum atomic E-state index is 6.24. The van der Waals surface area contributed by atoms with E-state index in [1.807, 2.05) is 0 Å². The van der Waals surface area contributed by atoms with E-state index in [0.29, 0.717) is 12.0 Å². The molecule has 3 heteroatoms. The first-order valence-corrected chi connectivity index (χ1v) is 8.66. The first kappa shape index (κ1) is 15.1. The zero-order valence-electron chi connectivity index (χ0n) is 13.5. The SMILES string of the molecule is CCc1ccc(C(NC)C2CCOC3(CCCCC3)C2)o1. The molecule has 1 aromatic rings. The van der Waals surface area contributed by atoms with Crippen molar-refractivity contribution >= 4 is 0 Å². The van der Waals surface area contributed by atoms with Gasteiger partial charge in [-0.2, -0.15) is 0 Å². The van der Waals surface area contributed by atoms with Crippen LogP contribution in [0.2, 0.25) is 0 Å². The molecule has 1 aliphatic carbocycles. The molecule has 2 unspecified atom stereocenters. The Balaban J connectivity index is 1.73. The largest absolute Gasteiger partial charge is 0.464 e. The van der Waals surface area contributed by atoms with E-state index in [1.165, 1.54) is 38.5 Å². The van der Waals surface area contributed by atoms with Crippen molar-refractivity contribution in [3.63, 3.8) is 0 Å². The van der Waals surface area contributed by atoms with Gasteiger partial charge in [-0.25, -0.2) is 0 Å². The van der Waals surface area contributed by atoms with E-state index in [1.54, 1.807) is 0 Å². The molecule has 3 rings (SSSR count). The van der Waals surface area contributed by atoms with E-state index in [-0.39, 0.29) is 5.60 Å². The van der Waals surface area contributed by atoms with Crippen LogP contribution in [0, 0.1) is 5.92 Å². The Morgan fingerprint density at radius 1 is 1.29 bits per heavy atom. The molecule has 21 heavy (non-hydrogen) atoms. The van der Waals surface area contributed by atoms with E-state index in [0.717, 1.165) is 31.0 Å². The lowest BCUT2D eigenvalue weighted by atomic mass is 9.74. The van der Waals surface area contributed by atoms with Crippen molar-refractivity contribution < 1.29 is 9.15 Å². The van der Waals surface area contributed by atoms with Crippen molar-refractivity contribution in [3.05, 3.63) is 23.7 Å². The van der Waals surface area contributed by atoms with E-state index < -0.39 is 0 Å². The average Bonchev–Trinajstić information content (AvgIpc) is 2.98. The molecule has 1 saturated heterocycles. The minimum absolute atomic E-state index is 0.163. The Hall–Kier alpha value is -0.800. The van der Waals surface area contributed by atoms with Crippen molar-refractivity contribution in [1.29, 1.82) is 0 Å². The zero-order valence-corrected chi connectivity index (χ0v) is 13.5. The molecule has 0 radical (unpaired) electrons. The third-order valence-corrected chi connectivity index (χ3v) is 5.42. The van der Waals surface area contributed by atoms with E-state index in [2.05, 4.69) is 31.4 Å². The number of aryl methyl sites for hydroxylation is 1. The molecule has 1 aromatic heterocycles. The first-order chi connectivity index (χ1) is 10.3. The van der Waals surface area contributed by atoms with Crippen LogP contribution >= 0.6 is 0 Å². The van der Waals surface area contributed by atoms with Gasteiger partial charge in [-0.3, -0.25) is 0 Å². The first-order valence-electron chi connectivity index (χ1n) is 8.66. The Bertz CT molecular complexity index is 442. The molecular formula is C18H29NO2. The fourth-order valence-electron chi connectivity index (χ4n) is 4.26. The molecule has 1 N–H and O–H groups in total. The smallest absolute Gasteiger partial charge is 0.121 e. The Morgan fingerprint density at radius 3 is 2.76 bits per heavy atom. The molecule has 1 spiro atoms. The van der Waals surface area contributed by atoms with E-state index in [9.17, 15) is 0 Å². The third-order valence-electron chi connectivity index (χ3n) is 5.42. The lowest BCUT2D eigenvalue weighted by Crippen LogP contribution is -2.44. The second-order valence-electron chi connectivity index (χ2n) is 6.77. The quantitative estimate of drug-likeness (QED) is 0.901. The van der Waals surface area contributed by atoms with Gasteiger partial charge in [0.1, 0.15) is 11.5 Å². The summed E-state index contributed by atoms with van der Waals surface area (Å²) >= 11 is 0. The van der Waals surface area contributed by atoms with Gasteiger partial charge in [0, 0.05) is 13.0 Å². The molecule has 1 saturated carbocycles. The molecule has 0 aromatic carbocycles. The highest BCUT2D eigenvalue weighted by molar-refractivity contribution is 5.12. The molecule has 2 aliphatic rings. The summed E-state index contributed by atoms with van der Waals surface area (Å²) in [5.41, 5.74) is 0.163. The summed E-state index contributed by atoms with van der Waals surface area (Å²) in [5.74, 6) is 2.81. The Kier molecular flexibility index (Phi) is 4.70. The van der Waals surface area contributed by atoms with Crippen LogP contribution in [0.3, 0.4) is 0 Å². The summed E-state index contributed by atoms with van der Waals surface area (Å²) in [6.07, 6.45) is 9.82. The van der Waals surface area contributed by atoms with Crippen LogP contribution < -0.4 is 5.32 Å². The molecule has 2 heterocycles. The van der Waals surface area contributed by atoms with Crippen molar-refractivity contribution in [2.75, 3.05) is 13.7 Å². The molecule has 1 aliphatic heterocycles. The van der Waals surface area contributed by atoms with E-state index >= 15 is 0 Å². The van der Waals surface area contributed by atoms with E-state index in [4.69, 9.17) is 9.15 Å². The van der Waals surface area contributed by atoms with Gasteiger partial charge in [-0.05, 0) is 50.8 Å². The van der Waals surface area contributed by atoms with Gasteiger partial charge in [0.2, 0.25) is 0 Å². The van der Waals surface area contributed by atoms with Crippen LogP contribution in [-0.4, -0.2) is 19.3 Å².